The van der Waals surface area contributed by atoms with Crippen LogP contribution < -0.4 is 5.73 Å². The molecular weight excluding hydrogens is 265 g/mol. The van der Waals surface area contributed by atoms with Crippen molar-refractivity contribution in [3.05, 3.63) is 53.8 Å². The number of carbonyl (C=O) groups excluding carboxylic acids is 1. The molecular formula is C14H12FNO2S. The van der Waals surface area contributed by atoms with Gasteiger partial charge in [-0.2, -0.15) is 0 Å². The summed E-state index contributed by atoms with van der Waals surface area (Å²) in [6, 6.07) is 11.9. The summed E-state index contributed by atoms with van der Waals surface area (Å²) in [7, 11) is 1.26. The Bertz CT molecular complexity index is 602. The highest BCUT2D eigenvalue weighted by Crippen LogP contribution is 2.32. The minimum atomic E-state index is -0.576. The zero-order valence-corrected chi connectivity index (χ0v) is 11.0. The van der Waals surface area contributed by atoms with Crippen LogP contribution in [0, 0.1) is 5.82 Å². The zero-order chi connectivity index (χ0) is 13.8. The van der Waals surface area contributed by atoms with E-state index < -0.39 is 11.8 Å². The predicted molar refractivity (Wildman–Crippen MR) is 72.7 cm³/mol. The second-order valence-electron chi connectivity index (χ2n) is 3.78. The fraction of sp³-hybridized carbons (Fsp3) is 0.0714. The van der Waals surface area contributed by atoms with Gasteiger partial charge in [0.1, 0.15) is 5.82 Å². The first-order valence-electron chi connectivity index (χ1n) is 5.52. The molecule has 0 aromatic heterocycles. The van der Waals surface area contributed by atoms with E-state index >= 15 is 0 Å². The summed E-state index contributed by atoms with van der Waals surface area (Å²) in [6.45, 7) is 0. The molecule has 0 amide bonds. The predicted octanol–water partition coefficient (Wildman–Crippen LogP) is 3.35. The quantitative estimate of drug-likeness (QED) is 0.690. The van der Waals surface area contributed by atoms with Gasteiger partial charge in [-0.1, -0.05) is 30.0 Å². The number of nitrogen functional groups attached to an aromatic ring is 1. The Hall–Kier alpha value is -2.01. The lowest BCUT2D eigenvalue weighted by Gasteiger charge is -2.08. The van der Waals surface area contributed by atoms with Gasteiger partial charge in [-0.3, -0.25) is 0 Å². The molecule has 0 aliphatic rings. The lowest BCUT2D eigenvalue weighted by molar-refractivity contribution is 0.0601. The van der Waals surface area contributed by atoms with Crippen molar-refractivity contribution in [3.63, 3.8) is 0 Å². The SMILES string of the molecule is COC(=O)c1cc(Sc2ccccc2)c(F)cc1N. The Morgan fingerprint density at radius 2 is 1.95 bits per heavy atom. The molecule has 0 unspecified atom stereocenters. The lowest BCUT2D eigenvalue weighted by atomic mass is 10.2. The Kier molecular flexibility index (Phi) is 4.06. The van der Waals surface area contributed by atoms with E-state index in [0.717, 1.165) is 11.0 Å². The van der Waals surface area contributed by atoms with Gasteiger partial charge in [0.2, 0.25) is 0 Å². The maximum absolute atomic E-state index is 13.8. The molecule has 0 saturated heterocycles. The van der Waals surface area contributed by atoms with Crippen LogP contribution in [0.5, 0.6) is 0 Å². The zero-order valence-electron chi connectivity index (χ0n) is 10.2. The average molecular weight is 277 g/mol. The van der Waals surface area contributed by atoms with Crippen molar-refractivity contribution < 1.29 is 13.9 Å². The number of hydrogen-bond acceptors (Lipinski definition) is 4. The van der Waals surface area contributed by atoms with Gasteiger partial charge in [0.25, 0.3) is 0 Å². The minimum absolute atomic E-state index is 0.0711. The van der Waals surface area contributed by atoms with Crippen LogP contribution in [-0.4, -0.2) is 13.1 Å². The summed E-state index contributed by atoms with van der Waals surface area (Å²) < 4.78 is 18.4. The standard InChI is InChI=1S/C14H12FNO2S/c1-18-14(17)10-7-13(11(15)8-12(10)16)19-9-5-3-2-4-6-9/h2-8H,16H2,1H3. The van der Waals surface area contributed by atoms with Crippen LogP contribution in [0.1, 0.15) is 10.4 Å². The first kappa shape index (κ1) is 13.4. The van der Waals surface area contributed by atoms with Crippen molar-refractivity contribution in [1.29, 1.82) is 0 Å². The molecule has 3 nitrogen and oxygen atoms in total. The number of rotatable bonds is 3. The molecule has 2 N–H and O–H groups in total. The number of esters is 1. The third-order valence-electron chi connectivity index (χ3n) is 2.48. The van der Waals surface area contributed by atoms with Crippen LogP contribution in [0.15, 0.2) is 52.3 Å². The lowest BCUT2D eigenvalue weighted by Crippen LogP contribution is -2.06. The molecule has 0 aliphatic carbocycles. The summed E-state index contributed by atoms with van der Waals surface area (Å²) in [5.74, 6) is -1.04. The first-order valence-corrected chi connectivity index (χ1v) is 6.33. The maximum atomic E-state index is 13.8. The van der Waals surface area contributed by atoms with Crippen LogP contribution >= 0.6 is 11.8 Å². The Labute approximate surface area is 114 Å². The van der Waals surface area contributed by atoms with Gasteiger partial charge >= 0.3 is 5.97 Å². The van der Waals surface area contributed by atoms with E-state index in [2.05, 4.69) is 4.74 Å². The number of nitrogens with two attached hydrogens (primary N) is 1. The second kappa shape index (κ2) is 5.75. The largest absolute Gasteiger partial charge is 0.465 e. The van der Waals surface area contributed by atoms with Crippen molar-refractivity contribution >= 4 is 23.4 Å². The van der Waals surface area contributed by atoms with Crippen LogP contribution in [0.2, 0.25) is 0 Å². The topological polar surface area (TPSA) is 52.3 Å². The van der Waals surface area contributed by atoms with E-state index in [1.165, 1.54) is 24.9 Å². The van der Waals surface area contributed by atoms with Gasteiger partial charge in [-0.15, -0.1) is 0 Å². The van der Waals surface area contributed by atoms with Gasteiger partial charge in [-0.05, 0) is 24.3 Å². The van der Waals surface area contributed by atoms with Crippen molar-refractivity contribution in [3.8, 4) is 0 Å². The van der Waals surface area contributed by atoms with E-state index in [1.54, 1.807) is 0 Å². The van der Waals surface area contributed by atoms with Crippen LogP contribution in [0.4, 0.5) is 10.1 Å². The summed E-state index contributed by atoms with van der Waals surface area (Å²) in [4.78, 5) is 12.7. The minimum Gasteiger partial charge on any atom is -0.465 e. The summed E-state index contributed by atoms with van der Waals surface area (Å²) in [5, 5.41) is 0. The fourth-order valence-electron chi connectivity index (χ4n) is 1.55. The molecule has 0 fully saturated rings. The highest BCUT2D eigenvalue weighted by molar-refractivity contribution is 7.99. The molecule has 19 heavy (non-hydrogen) atoms. The number of hydrogen-bond donors (Lipinski definition) is 1. The summed E-state index contributed by atoms with van der Waals surface area (Å²) in [6.07, 6.45) is 0. The monoisotopic (exact) mass is 277 g/mol. The molecule has 0 spiro atoms. The van der Waals surface area contributed by atoms with Gasteiger partial charge in [0, 0.05) is 15.5 Å². The fourth-order valence-corrected chi connectivity index (χ4v) is 2.43. The number of ether oxygens (including phenoxy) is 1. The van der Waals surface area contributed by atoms with E-state index in [0.29, 0.717) is 4.90 Å². The molecule has 0 radical (unpaired) electrons. The Balaban J connectivity index is 2.38. The number of methoxy groups -OCH3 is 1. The second-order valence-corrected chi connectivity index (χ2v) is 4.89. The van der Waals surface area contributed by atoms with Crippen LogP contribution in [-0.2, 0) is 4.74 Å². The van der Waals surface area contributed by atoms with Crippen LogP contribution in [0.3, 0.4) is 0 Å². The number of benzene rings is 2. The molecule has 2 rings (SSSR count). The molecule has 98 valence electrons. The molecule has 0 heterocycles. The van der Waals surface area contributed by atoms with E-state index in [4.69, 9.17) is 5.73 Å². The third kappa shape index (κ3) is 3.06. The van der Waals surface area contributed by atoms with Gasteiger partial charge in [-0.25, -0.2) is 9.18 Å². The summed E-state index contributed by atoms with van der Waals surface area (Å²) >= 11 is 1.23. The molecule has 2 aromatic carbocycles. The highest BCUT2D eigenvalue weighted by Gasteiger charge is 2.15. The van der Waals surface area contributed by atoms with Gasteiger partial charge in [0.15, 0.2) is 0 Å². The molecule has 5 heteroatoms. The van der Waals surface area contributed by atoms with Crippen molar-refractivity contribution in [2.75, 3.05) is 12.8 Å². The Morgan fingerprint density at radius 3 is 2.58 bits per heavy atom. The van der Waals surface area contributed by atoms with Crippen molar-refractivity contribution in [2.45, 2.75) is 9.79 Å². The number of carbonyl (C=O) groups is 1. The van der Waals surface area contributed by atoms with E-state index in [-0.39, 0.29) is 11.3 Å². The first-order chi connectivity index (χ1) is 9.11. The normalized spacial score (nSPS) is 10.2. The number of halogens is 1. The van der Waals surface area contributed by atoms with Crippen molar-refractivity contribution in [2.24, 2.45) is 0 Å². The molecule has 2 aromatic rings. The smallest absolute Gasteiger partial charge is 0.339 e. The average Bonchev–Trinajstić information content (AvgIpc) is 2.42. The van der Waals surface area contributed by atoms with Crippen LogP contribution in [0.25, 0.3) is 0 Å². The molecule has 0 bridgehead atoms. The van der Waals surface area contributed by atoms with Gasteiger partial charge in [0.05, 0.1) is 12.7 Å². The van der Waals surface area contributed by atoms with Crippen molar-refractivity contribution in [1.82, 2.24) is 0 Å². The molecule has 0 aliphatic heterocycles. The van der Waals surface area contributed by atoms with Gasteiger partial charge < -0.3 is 10.5 Å². The Morgan fingerprint density at radius 1 is 1.26 bits per heavy atom. The molecule has 0 atom stereocenters. The third-order valence-corrected chi connectivity index (χ3v) is 3.52. The number of anilines is 1. The molecule has 0 saturated carbocycles. The maximum Gasteiger partial charge on any atom is 0.339 e. The highest BCUT2D eigenvalue weighted by atomic mass is 32.2. The van der Waals surface area contributed by atoms with E-state index in [9.17, 15) is 9.18 Å². The summed E-state index contributed by atoms with van der Waals surface area (Å²) in [5.41, 5.74) is 5.85. The van der Waals surface area contributed by atoms with E-state index in [1.807, 2.05) is 30.3 Å².